The first-order valence-electron chi connectivity index (χ1n) is 9.85. The van der Waals surface area contributed by atoms with Gasteiger partial charge in [-0.3, -0.25) is 25.0 Å². The molecule has 3 aromatic rings. The zero-order valence-electron chi connectivity index (χ0n) is 17.1. The molecule has 0 aliphatic carbocycles. The second-order valence-electron chi connectivity index (χ2n) is 7.07. The second-order valence-corrected chi connectivity index (χ2v) is 7.07. The number of urea groups is 1. The van der Waals surface area contributed by atoms with Crippen LogP contribution in [0.4, 0.5) is 16.2 Å². The van der Waals surface area contributed by atoms with E-state index in [1.165, 1.54) is 30.3 Å². The van der Waals surface area contributed by atoms with Crippen LogP contribution < -0.4 is 15.0 Å². The standard InChI is InChI=1S/C24H17N3O6/c28-22-21(14-16-6-12-20(13-7-16)33-15-17-4-2-1-3-5-17)23(29)26(24(30)25-22)18-8-10-19(11-9-18)27(31)32/h1-14H,15H2,(H,25,28,30)/b21-14-. The Morgan fingerprint density at radius 2 is 1.58 bits per heavy atom. The van der Waals surface area contributed by atoms with E-state index in [1.807, 2.05) is 30.3 Å². The summed E-state index contributed by atoms with van der Waals surface area (Å²) >= 11 is 0. The molecule has 164 valence electrons. The first-order valence-corrected chi connectivity index (χ1v) is 9.85. The number of nitrogens with zero attached hydrogens (tertiary/aromatic N) is 2. The predicted octanol–water partition coefficient (Wildman–Crippen LogP) is 3.84. The molecule has 3 aromatic carbocycles. The Labute approximate surface area is 188 Å². The molecule has 4 rings (SSSR count). The van der Waals surface area contributed by atoms with Gasteiger partial charge in [0, 0.05) is 12.1 Å². The van der Waals surface area contributed by atoms with E-state index in [1.54, 1.807) is 24.3 Å². The van der Waals surface area contributed by atoms with Gasteiger partial charge < -0.3 is 4.74 Å². The summed E-state index contributed by atoms with van der Waals surface area (Å²) in [4.78, 5) is 48.5. The van der Waals surface area contributed by atoms with Crippen molar-refractivity contribution in [2.75, 3.05) is 4.90 Å². The molecule has 1 heterocycles. The topological polar surface area (TPSA) is 119 Å². The molecule has 1 aliphatic rings. The van der Waals surface area contributed by atoms with Gasteiger partial charge in [-0.05, 0) is 41.5 Å². The Bertz CT molecular complexity index is 1250. The van der Waals surface area contributed by atoms with Gasteiger partial charge in [0.1, 0.15) is 17.9 Å². The van der Waals surface area contributed by atoms with Gasteiger partial charge in [0.05, 0.1) is 10.6 Å². The van der Waals surface area contributed by atoms with Crippen LogP contribution in [0.3, 0.4) is 0 Å². The molecule has 4 amide bonds. The van der Waals surface area contributed by atoms with Crippen LogP contribution in [0.1, 0.15) is 11.1 Å². The number of hydrogen-bond acceptors (Lipinski definition) is 6. The van der Waals surface area contributed by atoms with E-state index < -0.39 is 22.8 Å². The monoisotopic (exact) mass is 443 g/mol. The molecule has 33 heavy (non-hydrogen) atoms. The number of non-ortho nitro benzene ring substituents is 1. The molecule has 1 fully saturated rings. The van der Waals surface area contributed by atoms with E-state index in [0.717, 1.165) is 10.5 Å². The normalized spacial score (nSPS) is 14.8. The Balaban J connectivity index is 1.52. The summed E-state index contributed by atoms with van der Waals surface area (Å²) in [6, 6.07) is 20.4. The fourth-order valence-electron chi connectivity index (χ4n) is 3.18. The van der Waals surface area contributed by atoms with Crippen LogP contribution in [0.25, 0.3) is 6.08 Å². The molecule has 0 atom stereocenters. The Morgan fingerprint density at radius 3 is 2.21 bits per heavy atom. The van der Waals surface area contributed by atoms with E-state index >= 15 is 0 Å². The molecule has 9 nitrogen and oxygen atoms in total. The largest absolute Gasteiger partial charge is 0.489 e. The average Bonchev–Trinajstić information content (AvgIpc) is 2.82. The zero-order chi connectivity index (χ0) is 23.4. The molecular weight excluding hydrogens is 426 g/mol. The number of barbiturate groups is 1. The minimum atomic E-state index is -0.930. The van der Waals surface area contributed by atoms with Gasteiger partial charge in [-0.1, -0.05) is 42.5 Å². The highest BCUT2D eigenvalue weighted by Gasteiger charge is 2.36. The summed E-state index contributed by atoms with van der Waals surface area (Å²) in [5.41, 5.74) is 1.24. The SMILES string of the molecule is O=C1NC(=O)N(c2ccc([N+](=O)[O-])cc2)C(=O)/C1=C\c1ccc(OCc2ccccc2)cc1. The minimum Gasteiger partial charge on any atom is -0.489 e. The molecule has 0 unspecified atom stereocenters. The molecule has 9 heteroatoms. The van der Waals surface area contributed by atoms with Gasteiger partial charge in [-0.15, -0.1) is 0 Å². The number of carbonyl (C=O) groups excluding carboxylic acids is 3. The predicted molar refractivity (Wildman–Crippen MR) is 119 cm³/mol. The molecule has 1 N–H and O–H groups in total. The summed E-state index contributed by atoms with van der Waals surface area (Å²) in [7, 11) is 0. The maximum absolute atomic E-state index is 12.9. The number of rotatable bonds is 6. The van der Waals surface area contributed by atoms with E-state index in [9.17, 15) is 24.5 Å². The third-order valence-corrected chi connectivity index (χ3v) is 4.86. The van der Waals surface area contributed by atoms with Gasteiger partial charge in [-0.2, -0.15) is 0 Å². The Morgan fingerprint density at radius 1 is 0.909 bits per heavy atom. The van der Waals surface area contributed by atoms with Gasteiger partial charge in [-0.25, -0.2) is 9.69 Å². The van der Waals surface area contributed by atoms with Crippen LogP contribution in [0.5, 0.6) is 5.75 Å². The lowest BCUT2D eigenvalue weighted by Gasteiger charge is -2.26. The molecule has 0 radical (unpaired) electrons. The van der Waals surface area contributed by atoms with Crippen molar-refractivity contribution in [3.05, 3.63) is 106 Å². The maximum atomic E-state index is 12.9. The number of imide groups is 2. The number of nitro groups is 1. The van der Waals surface area contributed by atoms with Crippen molar-refractivity contribution in [3.8, 4) is 5.75 Å². The number of nitrogens with one attached hydrogen (secondary N) is 1. The number of ether oxygens (including phenoxy) is 1. The van der Waals surface area contributed by atoms with Crippen molar-refractivity contribution >= 4 is 35.3 Å². The maximum Gasteiger partial charge on any atom is 0.335 e. The lowest BCUT2D eigenvalue weighted by atomic mass is 10.1. The number of anilines is 1. The summed E-state index contributed by atoms with van der Waals surface area (Å²) in [5.74, 6) is -1.04. The summed E-state index contributed by atoms with van der Waals surface area (Å²) < 4.78 is 5.73. The first-order chi connectivity index (χ1) is 15.9. The average molecular weight is 443 g/mol. The molecule has 1 saturated heterocycles. The van der Waals surface area contributed by atoms with Crippen molar-refractivity contribution < 1.29 is 24.0 Å². The van der Waals surface area contributed by atoms with Crippen LogP contribution in [0, 0.1) is 10.1 Å². The third-order valence-electron chi connectivity index (χ3n) is 4.86. The number of carbonyl (C=O) groups is 3. The molecule has 0 bridgehead atoms. The second kappa shape index (κ2) is 9.15. The van der Waals surface area contributed by atoms with Crippen LogP contribution in [0.2, 0.25) is 0 Å². The number of hydrogen-bond donors (Lipinski definition) is 1. The van der Waals surface area contributed by atoms with Crippen molar-refractivity contribution in [2.45, 2.75) is 6.61 Å². The number of benzene rings is 3. The smallest absolute Gasteiger partial charge is 0.335 e. The van der Waals surface area contributed by atoms with E-state index in [2.05, 4.69) is 5.32 Å². The summed E-state index contributed by atoms with van der Waals surface area (Å²) in [5, 5.41) is 13.0. The van der Waals surface area contributed by atoms with Crippen LogP contribution in [0.15, 0.2) is 84.4 Å². The fourth-order valence-corrected chi connectivity index (χ4v) is 3.18. The minimum absolute atomic E-state index is 0.103. The van der Waals surface area contributed by atoms with Crippen molar-refractivity contribution in [2.24, 2.45) is 0 Å². The Hall–Kier alpha value is -4.79. The number of amides is 4. The van der Waals surface area contributed by atoms with E-state index in [4.69, 9.17) is 4.74 Å². The lowest BCUT2D eigenvalue weighted by Crippen LogP contribution is -2.54. The highest BCUT2D eigenvalue weighted by atomic mass is 16.6. The van der Waals surface area contributed by atoms with Gasteiger partial charge in [0.15, 0.2) is 0 Å². The molecule has 0 aromatic heterocycles. The molecular formula is C24H17N3O6. The summed E-state index contributed by atoms with van der Waals surface area (Å²) in [6.07, 6.45) is 1.36. The first kappa shape index (κ1) is 21.4. The third kappa shape index (κ3) is 4.77. The quantitative estimate of drug-likeness (QED) is 0.268. The van der Waals surface area contributed by atoms with Crippen molar-refractivity contribution in [1.82, 2.24) is 5.32 Å². The van der Waals surface area contributed by atoms with Crippen molar-refractivity contribution in [3.63, 3.8) is 0 Å². The van der Waals surface area contributed by atoms with Crippen LogP contribution in [-0.2, 0) is 16.2 Å². The van der Waals surface area contributed by atoms with E-state index in [0.29, 0.717) is 17.9 Å². The molecule has 0 spiro atoms. The molecule has 0 saturated carbocycles. The van der Waals surface area contributed by atoms with Crippen LogP contribution in [-0.4, -0.2) is 22.8 Å². The van der Waals surface area contributed by atoms with Crippen molar-refractivity contribution in [1.29, 1.82) is 0 Å². The lowest BCUT2D eigenvalue weighted by molar-refractivity contribution is -0.384. The fraction of sp³-hybridized carbons (Fsp3) is 0.0417. The molecule has 1 aliphatic heterocycles. The summed E-state index contributed by atoms with van der Waals surface area (Å²) in [6.45, 7) is 0.397. The van der Waals surface area contributed by atoms with Gasteiger partial charge in [0.25, 0.3) is 17.5 Å². The zero-order valence-corrected chi connectivity index (χ0v) is 17.1. The van der Waals surface area contributed by atoms with Gasteiger partial charge >= 0.3 is 6.03 Å². The van der Waals surface area contributed by atoms with E-state index in [-0.39, 0.29) is 16.9 Å². The highest BCUT2D eigenvalue weighted by molar-refractivity contribution is 6.39. The Kier molecular flexibility index (Phi) is 5.94. The number of nitro benzene ring substituents is 1. The van der Waals surface area contributed by atoms with Gasteiger partial charge in [0.2, 0.25) is 0 Å². The highest BCUT2D eigenvalue weighted by Crippen LogP contribution is 2.24. The van der Waals surface area contributed by atoms with Crippen LogP contribution >= 0.6 is 0 Å².